The predicted octanol–water partition coefficient (Wildman–Crippen LogP) is 6.46. The van der Waals surface area contributed by atoms with E-state index in [2.05, 4.69) is 21.2 Å². The Kier molecular flexibility index (Phi) is 12.4. The molecule has 0 saturated carbocycles. The molecular weight excluding hydrogens is 666 g/mol. The third-order valence-corrected chi connectivity index (χ3v) is 9.51. The molecule has 0 spiro atoms. The third-order valence-electron chi connectivity index (χ3n) is 7.24. The zero-order valence-electron chi connectivity index (χ0n) is 26.3. The van der Waals surface area contributed by atoms with E-state index in [-0.39, 0.29) is 35.4 Å². The van der Waals surface area contributed by atoms with E-state index in [4.69, 9.17) is 4.74 Å². The summed E-state index contributed by atoms with van der Waals surface area (Å²) in [6, 6.07) is 30.8. The minimum atomic E-state index is -4.23. The Morgan fingerprint density at radius 2 is 1.48 bits per heavy atom. The lowest BCUT2D eigenvalue weighted by molar-refractivity contribution is -0.140. The number of rotatable bonds is 15. The van der Waals surface area contributed by atoms with E-state index in [1.54, 1.807) is 42.5 Å². The number of para-hydroxylation sites is 2. The SMILES string of the molecule is CCOc1ccccc1N(CC(=O)N(Cc1cccc(Br)c1)[C@H](Cc1ccccc1)C(=O)NCC(C)C)S(=O)(=O)c1ccccc1. The number of nitrogens with one attached hydrogen (secondary N) is 1. The monoisotopic (exact) mass is 705 g/mol. The molecule has 0 saturated heterocycles. The molecule has 10 heteroatoms. The highest BCUT2D eigenvalue weighted by atomic mass is 79.9. The van der Waals surface area contributed by atoms with Gasteiger partial charge in [0.15, 0.2) is 0 Å². The van der Waals surface area contributed by atoms with E-state index in [1.807, 2.05) is 75.4 Å². The molecule has 4 aromatic carbocycles. The van der Waals surface area contributed by atoms with Crippen LogP contribution in [0.15, 0.2) is 119 Å². The van der Waals surface area contributed by atoms with Crippen LogP contribution in [0, 0.1) is 5.92 Å². The van der Waals surface area contributed by atoms with Crippen LogP contribution in [-0.2, 0) is 32.6 Å². The minimum Gasteiger partial charge on any atom is -0.492 e. The number of benzene rings is 4. The van der Waals surface area contributed by atoms with Crippen molar-refractivity contribution >= 4 is 43.5 Å². The van der Waals surface area contributed by atoms with Crippen LogP contribution in [0.3, 0.4) is 0 Å². The van der Waals surface area contributed by atoms with Crippen LogP contribution < -0.4 is 14.4 Å². The van der Waals surface area contributed by atoms with Gasteiger partial charge < -0.3 is 15.0 Å². The average Bonchev–Trinajstić information content (AvgIpc) is 3.05. The second-order valence-electron chi connectivity index (χ2n) is 11.2. The summed E-state index contributed by atoms with van der Waals surface area (Å²) in [5, 5.41) is 3.01. The molecule has 242 valence electrons. The first-order valence-electron chi connectivity index (χ1n) is 15.2. The summed E-state index contributed by atoms with van der Waals surface area (Å²) in [5.74, 6) is -0.331. The summed E-state index contributed by atoms with van der Waals surface area (Å²) in [6.45, 7) is 6.06. The summed E-state index contributed by atoms with van der Waals surface area (Å²) < 4.78 is 36.2. The normalized spacial score (nSPS) is 11.9. The number of nitrogens with zero attached hydrogens (tertiary/aromatic N) is 2. The molecule has 0 aromatic heterocycles. The molecule has 4 rings (SSSR count). The van der Waals surface area contributed by atoms with Gasteiger partial charge in [0.25, 0.3) is 10.0 Å². The number of anilines is 1. The van der Waals surface area contributed by atoms with Crippen LogP contribution in [0.2, 0.25) is 0 Å². The maximum absolute atomic E-state index is 14.6. The fraction of sp³-hybridized carbons (Fsp3) is 0.278. The van der Waals surface area contributed by atoms with Crippen LogP contribution in [0.5, 0.6) is 5.75 Å². The quantitative estimate of drug-likeness (QED) is 0.153. The first-order chi connectivity index (χ1) is 22.1. The molecule has 0 radical (unpaired) electrons. The molecule has 4 aromatic rings. The molecule has 0 unspecified atom stereocenters. The molecule has 0 fully saturated rings. The molecule has 1 N–H and O–H groups in total. The van der Waals surface area contributed by atoms with Crippen molar-refractivity contribution < 1.29 is 22.7 Å². The van der Waals surface area contributed by atoms with Crippen LogP contribution in [0.1, 0.15) is 31.9 Å². The standard InChI is InChI=1S/C36H40BrN3O5S/c1-4-45-34-21-12-11-20-32(34)40(46(43,44)31-18-9-6-10-19-31)26-35(41)39(25-29-16-13-17-30(37)22-29)33(36(42)38-24-27(2)3)23-28-14-7-5-8-15-28/h5-22,27,33H,4,23-26H2,1-3H3,(H,38,42)/t33-/m1/s1. The van der Waals surface area contributed by atoms with Crippen molar-refractivity contribution in [3.05, 3.63) is 125 Å². The lowest BCUT2D eigenvalue weighted by atomic mass is 10.0. The highest BCUT2D eigenvalue weighted by molar-refractivity contribution is 9.10. The maximum Gasteiger partial charge on any atom is 0.264 e. The Hall–Kier alpha value is -4.15. The molecule has 1 atom stereocenters. The third kappa shape index (κ3) is 9.20. The Morgan fingerprint density at radius 3 is 2.13 bits per heavy atom. The van der Waals surface area contributed by atoms with Gasteiger partial charge in [-0.15, -0.1) is 0 Å². The Morgan fingerprint density at radius 1 is 0.848 bits per heavy atom. The van der Waals surface area contributed by atoms with Crippen molar-refractivity contribution in [3.8, 4) is 5.75 Å². The average molecular weight is 707 g/mol. The fourth-order valence-electron chi connectivity index (χ4n) is 4.98. The van der Waals surface area contributed by atoms with Crippen molar-refractivity contribution in [1.29, 1.82) is 0 Å². The number of hydrogen-bond donors (Lipinski definition) is 1. The van der Waals surface area contributed by atoms with Gasteiger partial charge in [0.2, 0.25) is 11.8 Å². The molecule has 0 heterocycles. The van der Waals surface area contributed by atoms with Crippen molar-refractivity contribution in [3.63, 3.8) is 0 Å². The first-order valence-corrected chi connectivity index (χ1v) is 17.5. The first kappa shape index (κ1) is 34.7. The van der Waals surface area contributed by atoms with Crippen LogP contribution in [-0.4, -0.2) is 50.9 Å². The van der Waals surface area contributed by atoms with Crippen molar-refractivity contribution in [2.45, 2.75) is 44.7 Å². The number of sulfonamides is 1. The second kappa shape index (κ2) is 16.4. The van der Waals surface area contributed by atoms with Gasteiger partial charge >= 0.3 is 0 Å². The van der Waals surface area contributed by atoms with Gasteiger partial charge in [-0.05, 0) is 60.4 Å². The number of carbonyl (C=O) groups is 2. The van der Waals surface area contributed by atoms with E-state index in [9.17, 15) is 18.0 Å². The molecule has 46 heavy (non-hydrogen) atoms. The molecular formula is C36H40BrN3O5S. The Labute approximate surface area is 280 Å². The van der Waals surface area contributed by atoms with Gasteiger partial charge in [0, 0.05) is 24.0 Å². The van der Waals surface area contributed by atoms with E-state index >= 15 is 0 Å². The molecule has 0 aliphatic heterocycles. The van der Waals surface area contributed by atoms with Gasteiger partial charge in [0.05, 0.1) is 17.2 Å². The van der Waals surface area contributed by atoms with Crippen molar-refractivity contribution in [1.82, 2.24) is 10.2 Å². The predicted molar refractivity (Wildman–Crippen MR) is 185 cm³/mol. The van der Waals surface area contributed by atoms with Gasteiger partial charge in [-0.2, -0.15) is 0 Å². The Balaban J connectivity index is 1.83. The topological polar surface area (TPSA) is 96.0 Å². The smallest absolute Gasteiger partial charge is 0.264 e. The minimum absolute atomic E-state index is 0.0307. The highest BCUT2D eigenvalue weighted by Gasteiger charge is 2.35. The number of hydrogen-bond acceptors (Lipinski definition) is 5. The zero-order chi connectivity index (χ0) is 33.1. The summed E-state index contributed by atoms with van der Waals surface area (Å²) in [7, 11) is -4.23. The molecule has 0 aliphatic rings. The second-order valence-corrected chi connectivity index (χ2v) is 14.0. The Bertz CT molecular complexity index is 1700. The number of amides is 2. The van der Waals surface area contributed by atoms with Crippen LogP contribution >= 0.6 is 15.9 Å². The number of carbonyl (C=O) groups excluding carboxylic acids is 2. The molecule has 0 bridgehead atoms. The van der Waals surface area contributed by atoms with Gasteiger partial charge in [0.1, 0.15) is 18.3 Å². The lowest BCUT2D eigenvalue weighted by Gasteiger charge is -2.34. The molecule has 8 nitrogen and oxygen atoms in total. The fourth-order valence-corrected chi connectivity index (χ4v) is 6.87. The number of ether oxygens (including phenoxy) is 1. The summed E-state index contributed by atoms with van der Waals surface area (Å²) in [6.07, 6.45) is 0.242. The zero-order valence-corrected chi connectivity index (χ0v) is 28.7. The molecule has 0 aliphatic carbocycles. The van der Waals surface area contributed by atoms with E-state index in [1.165, 1.54) is 17.0 Å². The van der Waals surface area contributed by atoms with Crippen LogP contribution in [0.4, 0.5) is 5.69 Å². The molecule has 2 amide bonds. The van der Waals surface area contributed by atoms with Gasteiger partial charge in [-0.1, -0.05) is 103 Å². The van der Waals surface area contributed by atoms with E-state index < -0.39 is 28.5 Å². The van der Waals surface area contributed by atoms with Gasteiger partial charge in [-0.25, -0.2) is 8.42 Å². The summed E-state index contributed by atoms with van der Waals surface area (Å²) in [4.78, 5) is 30.0. The van der Waals surface area contributed by atoms with E-state index in [0.29, 0.717) is 18.9 Å². The number of halogens is 1. The maximum atomic E-state index is 14.6. The van der Waals surface area contributed by atoms with E-state index in [0.717, 1.165) is 19.9 Å². The van der Waals surface area contributed by atoms with Crippen molar-refractivity contribution in [2.75, 3.05) is 24.0 Å². The highest BCUT2D eigenvalue weighted by Crippen LogP contribution is 2.33. The summed E-state index contributed by atoms with van der Waals surface area (Å²) >= 11 is 3.51. The van der Waals surface area contributed by atoms with Crippen molar-refractivity contribution in [2.24, 2.45) is 5.92 Å². The lowest BCUT2D eigenvalue weighted by Crippen LogP contribution is -2.53. The largest absolute Gasteiger partial charge is 0.492 e. The van der Waals surface area contributed by atoms with Gasteiger partial charge in [-0.3, -0.25) is 13.9 Å². The summed E-state index contributed by atoms with van der Waals surface area (Å²) in [5.41, 5.74) is 1.88. The van der Waals surface area contributed by atoms with Crippen LogP contribution in [0.25, 0.3) is 0 Å².